The van der Waals surface area contributed by atoms with Crippen LogP contribution in [0, 0.1) is 11.3 Å². The normalized spacial score (nSPS) is 11.6. The molecule has 15 heavy (non-hydrogen) atoms. The third kappa shape index (κ3) is 3.09. The highest BCUT2D eigenvalue weighted by molar-refractivity contribution is 5.52. The van der Waals surface area contributed by atoms with Crippen LogP contribution in [0.15, 0.2) is 24.4 Å². The largest absolute Gasteiger partial charge is 0.433 e. The summed E-state index contributed by atoms with van der Waals surface area (Å²) in [4.78, 5) is 3.27. The van der Waals surface area contributed by atoms with Crippen molar-refractivity contribution in [2.45, 2.75) is 12.6 Å². The van der Waals surface area contributed by atoms with Gasteiger partial charge in [0.15, 0.2) is 5.69 Å². The molecule has 0 aliphatic rings. The molecule has 0 saturated heterocycles. The lowest BCUT2D eigenvalue weighted by Crippen LogP contribution is -2.09. The topological polar surface area (TPSA) is 36.7 Å². The van der Waals surface area contributed by atoms with E-state index in [4.69, 9.17) is 5.26 Å². The average molecular weight is 212 g/mol. The Hall–Kier alpha value is -1.83. The number of aromatic nitrogens is 1. The second-order valence-electron chi connectivity index (χ2n) is 2.70. The molecule has 0 aliphatic carbocycles. The van der Waals surface area contributed by atoms with Gasteiger partial charge < -0.3 is 0 Å². The first-order valence-corrected chi connectivity index (χ1v) is 4.11. The fourth-order valence-electron chi connectivity index (χ4n) is 1.03. The van der Waals surface area contributed by atoms with E-state index < -0.39 is 11.9 Å². The van der Waals surface area contributed by atoms with Crippen LogP contribution in [0.3, 0.4) is 0 Å². The van der Waals surface area contributed by atoms with Crippen molar-refractivity contribution in [1.29, 1.82) is 5.26 Å². The minimum absolute atomic E-state index is 0.0275. The lowest BCUT2D eigenvalue weighted by Gasteiger charge is -2.07. The fourth-order valence-corrected chi connectivity index (χ4v) is 1.03. The maximum Gasteiger partial charge on any atom is 0.433 e. The number of rotatable bonds is 2. The number of pyridine rings is 1. The first-order chi connectivity index (χ1) is 7.05. The van der Waals surface area contributed by atoms with E-state index in [1.54, 1.807) is 0 Å². The maximum absolute atomic E-state index is 12.4. The number of halogens is 3. The summed E-state index contributed by atoms with van der Waals surface area (Å²) in [5.74, 6) is 0. The van der Waals surface area contributed by atoms with Crippen LogP contribution < -0.4 is 0 Å². The molecule has 0 bridgehead atoms. The Morgan fingerprint density at radius 3 is 2.80 bits per heavy atom. The Morgan fingerprint density at radius 1 is 1.47 bits per heavy atom. The van der Waals surface area contributed by atoms with Crippen LogP contribution in [0.2, 0.25) is 0 Å². The van der Waals surface area contributed by atoms with Crippen LogP contribution in [-0.2, 0) is 6.18 Å². The standard InChI is InChI=1S/C10H7F3N2/c11-10(12,13)9-8(4-1-2-6-14)5-3-7-15-9/h1,3-5,7H,2H2. The van der Waals surface area contributed by atoms with Gasteiger partial charge in [0.2, 0.25) is 0 Å². The number of hydrogen-bond donors (Lipinski definition) is 0. The summed E-state index contributed by atoms with van der Waals surface area (Å²) < 4.78 is 37.2. The van der Waals surface area contributed by atoms with Gasteiger partial charge in [0.1, 0.15) is 0 Å². The first-order valence-electron chi connectivity index (χ1n) is 4.11. The number of nitriles is 1. The van der Waals surface area contributed by atoms with Gasteiger partial charge in [0.05, 0.1) is 12.5 Å². The summed E-state index contributed by atoms with van der Waals surface area (Å²) in [6, 6.07) is 4.53. The first kappa shape index (κ1) is 11.2. The minimum Gasteiger partial charge on any atom is -0.251 e. The van der Waals surface area contributed by atoms with Crippen molar-refractivity contribution in [2.24, 2.45) is 0 Å². The second kappa shape index (κ2) is 4.60. The molecule has 2 nitrogen and oxygen atoms in total. The van der Waals surface area contributed by atoms with E-state index in [9.17, 15) is 13.2 Å². The molecule has 1 heterocycles. The summed E-state index contributed by atoms with van der Waals surface area (Å²) >= 11 is 0. The van der Waals surface area contributed by atoms with Crippen molar-refractivity contribution in [3.63, 3.8) is 0 Å². The number of allylic oxidation sites excluding steroid dienone is 1. The molecule has 0 atom stereocenters. The van der Waals surface area contributed by atoms with Crippen molar-refractivity contribution in [1.82, 2.24) is 4.98 Å². The molecule has 0 fully saturated rings. The van der Waals surface area contributed by atoms with E-state index in [1.807, 2.05) is 6.07 Å². The molecule has 78 valence electrons. The highest BCUT2D eigenvalue weighted by Crippen LogP contribution is 2.30. The predicted octanol–water partition coefficient (Wildman–Crippen LogP) is 3.03. The molecule has 0 unspecified atom stereocenters. The Bertz CT molecular complexity index is 402. The molecule has 0 amide bonds. The van der Waals surface area contributed by atoms with Gasteiger partial charge in [-0.3, -0.25) is 4.98 Å². The Morgan fingerprint density at radius 2 is 2.20 bits per heavy atom. The van der Waals surface area contributed by atoms with Gasteiger partial charge in [-0.05, 0) is 6.07 Å². The van der Waals surface area contributed by atoms with Crippen molar-refractivity contribution < 1.29 is 13.2 Å². The summed E-state index contributed by atoms with van der Waals surface area (Å²) in [6.45, 7) is 0. The van der Waals surface area contributed by atoms with E-state index >= 15 is 0 Å². The van der Waals surface area contributed by atoms with Crippen LogP contribution in [0.5, 0.6) is 0 Å². The molecule has 0 aromatic carbocycles. The van der Waals surface area contributed by atoms with E-state index in [0.717, 1.165) is 6.20 Å². The molecule has 1 aromatic heterocycles. The van der Waals surface area contributed by atoms with Gasteiger partial charge in [0, 0.05) is 11.8 Å². The van der Waals surface area contributed by atoms with Gasteiger partial charge in [-0.15, -0.1) is 0 Å². The van der Waals surface area contributed by atoms with Crippen molar-refractivity contribution in [3.05, 3.63) is 35.7 Å². The molecule has 5 heteroatoms. The summed E-state index contributed by atoms with van der Waals surface area (Å²) in [5, 5.41) is 8.23. The third-order valence-corrected chi connectivity index (χ3v) is 1.61. The van der Waals surface area contributed by atoms with Crippen LogP contribution in [0.4, 0.5) is 13.2 Å². The van der Waals surface area contributed by atoms with Gasteiger partial charge in [0.25, 0.3) is 0 Å². The molecule has 1 rings (SSSR count). The van der Waals surface area contributed by atoms with E-state index in [-0.39, 0.29) is 12.0 Å². The monoisotopic (exact) mass is 212 g/mol. The molecule has 0 radical (unpaired) electrons. The van der Waals surface area contributed by atoms with E-state index in [2.05, 4.69) is 4.98 Å². The zero-order valence-electron chi connectivity index (χ0n) is 7.62. The predicted molar refractivity (Wildman–Crippen MR) is 48.5 cm³/mol. The quantitative estimate of drug-likeness (QED) is 0.755. The van der Waals surface area contributed by atoms with Crippen LogP contribution in [-0.4, -0.2) is 4.98 Å². The van der Waals surface area contributed by atoms with E-state index in [1.165, 1.54) is 24.3 Å². The smallest absolute Gasteiger partial charge is 0.251 e. The lowest BCUT2D eigenvalue weighted by molar-refractivity contribution is -0.141. The zero-order chi connectivity index (χ0) is 11.3. The van der Waals surface area contributed by atoms with Crippen LogP contribution >= 0.6 is 0 Å². The van der Waals surface area contributed by atoms with Crippen molar-refractivity contribution >= 4 is 6.08 Å². The highest BCUT2D eigenvalue weighted by atomic mass is 19.4. The number of nitrogens with zero attached hydrogens (tertiary/aromatic N) is 2. The van der Waals surface area contributed by atoms with Crippen LogP contribution in [0.25, 0.3) is 6.08 Å². The fraction of sp³-hybridized carbons (Fsp3) is 0.200. The molecular weight excluding hydrogens is 205 g/mol. The molecule has 1 aromatic rings. The Labute approximate surface area is 84.7 Å². The summed E-state index contributed by atoms with van der Waals surface area (Å²) in [6.07, 6.45) is -0.685. The maximum atomic E-state index is 12.4. The van der Waals surface area contributed by atoms with Crippen molar-refractivity contribution in [2.75, 3.05) is 0 Å². The van der Waals surface area contributed by atoms with Gasteiger partial charge in [-0.2, -0.15) is 18.4 Å². The number of alkyl halides is 3. The Balaban J connectivity index is 3.03. The summed E-state index contributed by atoms with van der Waals surface area (Å²) in [5.41, 5.74) is -0.959. The molecular formula is C10H7F3N2. The lowest BCUT2D eigenvalue weighted by atomic mass is 10.1. The Kier molecular flexibility index (Phi) is 3.45. The molecule has 0 aliphatic heterocycles. The van der Waals surface area contributed by atoms with Gasteiger partial charge in [-0.1, -0.05) is 18.2 Å². The molecule has 0 N–H and O–H groups in total. The minimum atomic E-state index is -4.46. The second-order valence-corrected chi connectivity index (χ2v) is 2.70. The molecule has 0 saturated carbocycles. The zero-order valence-corrected chi connectivity index (χ0v) is 7.62. The highest BCUT2D eigenvalue weighted by Gasteiger charge is 2.34. The van der Waals surface area contributed by atoms with Gasteiger partial charge >= 0.3 is 6.18 Å². The number of hydrogen-bond acceptors (Lipinski definition) is 2. The molecule has 0 spiro atoms. The SMILES string of the molecule is N#CCC=Cc1cccnc1C(F)(F)F. The van der Waals surface area contributed by atoms with E-state index in [0.29, 0.717) is 0 Å². The average Bonchev–Trinajstić information content (AvgIpc) is 2.17. The van der Waals surface area contributed by atoms with Crippen molar-refractivity contribution in [3.8, 4) is 6.07 Å². The summed E-state index contributed by atoms with van der Waals surface area (Å²) in [7, 11) is 0. The third-order valence-electron chi connectivity index (χ3n) is 1.61. The van der Waals surface area contributed by atoms with Crippen LogP contribution in [0.1, 0.15) is 17.7 Å². The van der Waals surface area contributed by atoms with Gasteiger partial charge in [-0.25, -0.2) is 0 Å².